The van der Waals surface area contributed by atoms with E-state index in [1.807, 2.05) is 55.3 Å². The fourth-order valence-electron chi connectivity index (χ4n) is 2.36. The molecule has 1 amide bonds. The van der Waals surface area contributed by atoms with Crippen LogP contribution in [0.5, 0.6) is 5.75 Å². The van der Waals surface area contributed by atoms with Gasteiger partial charge in [-0.3, -0.25) is 9.69 Å². The maximum atomic E-state index is 12.1. The van der Waals surface area contributed by atoms with Gasteiger partial charge in [0.25, 0.3) is 0 Å². The summed E-state index contributed by atoms with van der Waals surface area (Å²) in [7, 11) is 3.58. The van der Waals surface area contributed by atoms with Crippen molar-refractivity contribution in [2.45, 2.75) is 13.5 Å². The Kier molecular flexibility index (Phi) is 6.19. The quantitative estimate of drug-likeness (QED) is 0.832. The Hall–Kier alpha value is -1.85. The highest BCUT2D eigenvalue weighted by atomic mass is 79.9. The molecule has 0 unspecified atom stereocenters. The minimum absolute atomic E-state index is 0.0403. The number of nitrogens with zero attached hydrogens (tertiary/aromatic N) is 1. The predicted molar refractivity (Wildman–Crippen MR) is 96.8 cm³/mol. The van der Waals surface area contributed by atoms with Crippen LogP contribution in [0, 0.1) is 6.92 Å². The number of hydrogen-bond donors (Lipinski definition) is 1. The molecule has 2 aromatic carbocycles. The molecule has 0 atom stereocenters. The number of aryl methyl sites for hydroxylation is 1. The van der Waals surface area contributed by atoms with Crippen LogP contribution in [0.3, 0.4) is 0 Å². The van der Waals surface area contributed by atoms with Gasteiger partial charge >= 0.3 is 0 Å². The number of halogens is 1. The van der Waals surface area contributed by atoms with Crippen molar-refractivity contribution in [3.63, 3.8) is 0 Å². The monoisotopic (exact) mass is 376 g/mol. The molecule has 0 aliphatic carbocycles. The summed E-state index contributed by atoms with van der Waals surface area (Å²) >= 11 is 3.38. The second kappa shape index (κ2) is 8.13. The third kappa shape index (κ3) is 5.37. The standard InChI is InChI=1S/C18H21BrN2O2/c1-13-4-9-17(23-3)14(10-13)11-21(2)12-18(22)20-16-7-5-15(19)6-8-16/h4-10H,11-12H2,1-3H3,(H,20,22). The van der Waals surface area contributed by atoms with Crippen LogP contribution in [-0.4, -0.2) is 31.5 Å². The Morgan fingerprint density at radius 3 is 2.57 bits per heavy atom. The Balaban J connectivity index is 1.93. The molecule has 2 rings (SSSR count). The highest BCUT2D eigenvalue weighted by Crippen LogP contribution is 2.21. The molecule has 4 nitrogen and oxygen atoms in total. The summed E-state index contributed by atoms with van der Waals surface area (Å²) in [5.74, 6) is 0.803. The average molecular weight is 377 g/mol. The van der Waals surface area contributed by atoms with Gasteiger partial charge in [0.2, 0.25) is 5.91 Å². The van der Waals surface area contributed by atoms with Gasteiger partial charge in [0, 0.05) is 22.3 Å². The number of hydrogen-bond acceptors (Lipinski definition) is 3. The Morgan fingerprint density at radius 1 is 1.22 bits per heavy atom. The smallest absolute Gasteiger partial charge is 0.238 e. The molecule has 0 fully saturated rings. The van der Waals surface area contributed by atoms with E-state index in [1.165, 1.54) is 5.56 Å². The number of methoxy groups -OCH3 is 1. The first-order valence-electron chi connectivity index (χ1n) is 7.35. The third-order valence-corrected chi connectivity index (χ3v) is 3.95. The maximum Gasteiger partial charge on any atom is 0.238 e. The van der Waals surface area contributed by atoms with E-state index in [-0.39, 0.29) is 5.91 Å². The van der Waals surface area contributed by atoms with Gasteiger partial charge in [-0.2, -0.15) is 0 Å². The van der Waals surface area contributed by atoms with Gasteiger partial charge in [0.15, 0.2) is 0 Å². The molecule has 122 valence electrons. The SMILES string of the molecule is COc1ccc(C)cc1CN(C)CC(=O)Nc1ccc(Br)cc1. The van der Waals surface area contributed by atoms with Crippen molar-refractivity contribution in [1.82, 2.24) is 4.90 Å². The minimum atomic E-state index is -0.0403. The fraction of sp³-hybridized carbons (Fsp3) is 0.278. The molecule has 0 aliphatic rings. The molecule has 0 bridgehead atoms. The van der Waals surface area contributed by atoms with Crippen LogP contribution in [-0.2, 0) is 11.3 Å². The first kappa shape index (κ1) is 17.5. The molecule has 0 aromatic heterocycles. The van der Waals surface area contributed by atoms with E-state index >= 15 is 0 Å². The van der Waals surface area contributed by atoms with Crippen LogP contribution in [0.1, 0.15) is 11.1 Å². The van der Waals surface area contributed by atoms with E-state index in [9.17, 15) is 4.79 Å². The van der Waals surface area contributed by atoms with Crippen molar-refractivity contribution in [3.05, 3.63) is 58.1 Å². The summed E-state index contributed by atoms with van der Waals surface area (Å²) in [5.41, 5.74) is 3.04. The normalized spacial score (nSPS) is 10.7. The van der Waals surface area contributed by atoms with Crippen molar-refractivity contribution < 1.29 is 9.53 Å². The van der Waals surface area contributed by atoms with Crippen LogP contribution < -0.4 is 10.1 Å². The first-order valence-corrected chi connectivity index (χ1v) is 8.14. The zero-order valence-corrected chi connectivity index (χ0v) is 15.2. The van der Waals surface area contributed by atoms with Gasteiger partial charge in [-0.15, -0.1) is 0 Å². The van der Waals surface area contributed by atoms with Gasteiger partial charge in [-0.1, -0.05) is 33.6 Å². The molecule has 1 N–H and O–H groups in total. The van der Waals surface area contributed by atoms with Crippen molar-refractivity contribution in [1.29, 1.82) is 0 Å². The van der Waals surface area contributed by atoms with E-state index in [2.05, 4.69) is 27.3 Å². The van der Waals surface area contributed by atoms with Crippen LogP contribution in [0.4, 0.5) is 5.69 Å². The lowest BCUT2D eigenvalue weighted by Crippen LogP contribution is -2.30. The van der Waals surface area contributed by atoms with Crippen molar-refractivity contribution >= 4 is 27.5 Å². The first-order chi connectivity index (χ1) is 11.0. The Labute approximate surface area is 145 Å². The number of rotatable bonds is 6. The van der Waals surface area contributed by atoms with Crippen LogP contribution in [0.15, 0.2) is 46.9 Å². The maximum absolute atomic E-state index is 12.1. The number of likely N-dealkylation sites (N-methyl/N-ethyl adjacent to an activating group) is 1. The van der Waals surface area contributed by atoms with E-state index in [0.717, 1.165) is 21.5 Å². The molecule has 0 heterocycles. The lowest BCUT2D eigenvalue weighted by molar-refractivity contribution is -0.117. The van der Waals surface area contributed by atoms with Gasteiger partial charge in [-0.05, 0) is 44.3 Å². The van der Waals surface area contributed by atoms with Crippen LogP contribution >= 0.6 is 15.9 Å². The van der Waals surface area contributed by atoms with E-state index < -0.39 is 0 Å². The number of nitrogens with one attached hydrogen (secondary N) is 1. The summed E-state index contributed by atoms with van der Waals surface area (Å²) in [6.07, 6.45) is 0. The van der Waals surface area contributed by atoms with Gasteiger partial charge in [0.05, 0.1) is 13.7 Å². The zero-order chi connectivity index (χ0) is 16.8. The van der Waals surface area contributed by atoms with Gasteiger partial charge in [-0.25, -0.2) is 0 Å². The zero-order valence-electron chi connectivity index (χ0n) is 13.6. The van der Waals surface area contributed by atoms with Crippen LogP contribution in [0.25, 0.3) is 0 Å². The summed E-state index contributed by atoms with van der Waals surface area (Å²) in [5, 5.41) is 2.89. The molecule has 0 saturated heterocycles. The van der Waals surface area contributed by atoms with Crippen LogP contribution in [0.2, 0.25) is 0 Å². The molecule has 0 aliphatic heterocycles. The molecule has 5 heteroatoms. The van der Waals surface area contributed by atoms with Crippen molar-refractivity contribution in [2.75, 3.05) is 26.0 Å². The number of anilines is 1. The van der Waals surface area contributed by atoms with Crippen molar-refractivity contribution in [3.8, 4) is 5.75 Å². The lowest BCUT2D eigenvalue weighted by atomic mass is 10.1. The second-order valence-electron chi connectivity index (χ2n) is 5.54. The third-order valence-electron chi connectivity index (χ3n) is 3.42. The van der Waals surface area contributed by atoms with Gasteiger partial charge < -0.3 is 10.1 Å². The molecule has 0 radical (unpaired) electrons. The number of ether oxygens (including phenoxy) is 1. The highest BCUT2D eigenvalue weighted by Gasteiger charge is 2.10. The Morgan fingerprint density at radius 2 is 1.91 bits per heavy atom. The number of carbonyl (C=O) groups is 1. The number of carbonyl (C=O) groups excluding carboxylic acids is 1. The molecule has 0 saturated carbocycles. The molecular formula is C18H21BrN2O2. The fourth-order valence-corrected chi connectivity index (χ4v) is 2.62. The minimum Gasteiger partial charge on any atom is -0.496 e. The number of amides is 1. The van der Waals surface area contributed by atoms with E-state index in [4.69, 9.17) is 4.74 Å². The molecule has 0 spiro atoms. The Bertz CT molecular complexity index is 671. The molecule has 23 heavy (non-hydrogen) atoms. The van der Waals surface area contributed by atoms with E-state index in [1.54, 1.807) is 7.11 Å². The molecular weight excluding hydrogens is 356 g/mol. The summed E-state index contributed by atoms with van der Waals surface area (Å²) in [6, 6.07) is 13.6. The summed E-state index contributed by atoms with van der Waals surface area (Å²) in [4.78, 5) is 14.1. The second-order valence-corrected chi connectivity index (χ2v) is 6.46. The lowest BCUT2D eigenvalue weighted by Gasteiger charge is -2.18. The van der Waals surface area contributed by atoms with Gasteiger partial charge in [0.1, 0.15) is 5.75 Å². The topological polar surface area (TPSA) is 41.6 Å². The summed E-state index contributed by atoms with van der Waals surface area (Å²) < 4.78 is 6.37. The average Bonchev–Trinajstić information content (AvgIpc) is 2.49. The van der Waals surface area contributed by atoms with E-state index in [0.29, 0.717) is 13.1 Å². The van der Waals surface area contributed by atoms with Crippen molar-refractivity contribution in [2.24, 2.45) is 0 Å². The highest BCUT2D eigenvalue weighted by molar-refractivity contribution is 9.10. The molecule has 2 aromatic rings. The number of benzene rings is 2. The predicted octanol–water partition coefficient (Wildman–Crippen LogP) is 3.84. The summed E-state index contributed by atoms with van der Waals surface area (Å²) in [6.45, 7) is 3.01. The largest absolute Gasteiger partial charge is 0.496 e.